The molecule has 0 saturated heterocycles. The van der Waals surface area contributed by atoms with Crippen LogP contribution in [0.25, 0.3) is 27.9 Å². The molecule has 0 aliphatic heterocycles. The Balaban J connectivity index is 2.15. The average Bonchev–Trinajstić information content (AvgIpc) is 3.13. The molecular formula is C14H9N7O. The number of aromatic amines is 1. The van der Waals surface area contributed by atoms with Gasteiger partial charge in [-0.1, -0.05) is 6.07 Å². The fourth-order valence-electron chi connectivity index (χ4n) is 2.43. The molecule has 8 nitrogen and oxygen atoms in total. The molecule has 4 rings (SSSR count). The first kappa shape index (κ1) is 12.3. The SMILES string of the molecule is Cn1cc(-c2nc3c4c(C#N)cccc4[nH]c(=O)n3n2)cn1. The highest BCUT2D eigenvalue weighted by Gasteiger charge is 2.15. The second kappa shape index (κ2) is 4.26. The maximum atomic E-state index is 12.1. The molecule has 3 aromatic heterocycles. The van der Waals surface area contributed by atoms with Crippen LogP contribution in [0.3, 0.4) is 0 Å². The smallest absolute Gasteiger partial charge is 0.305 e. The Morgan fingerprint density at radius 3 is 2.95 bits per heavy atom. The van der Waals surface area contributed by atoms with Gasteiger partial charge in [-0.2, -0.15) is 14.9 Å². The normalized spacial score (nSPS) is 11.1. The number of nitrogens with zero attached hydrogens (tertiary/aromatic N) is 6. The summed E-state index contributed by atoms with van der Waals surface area (Å²) in [6.45, 7) is 0. The maximum Gasteiger partial charge on any atom is 0.348 e. The molecule has 0 spiro atoms. The Hall–Kier alpha value is -3.47. The van der Waals surface area contributed by atoms with Crippen LogP contribution in [0, 0.1) is 11.3 Å². The van der Waals surface area contributed by atoms with Crippen LogP contribution in [0.2, 0.25) is 0 Å². The van der Waals surface area contributed by atoms with E-state index in [1.54, 1.807) is 42.3 Å². The highest BCUT2D eigenvalue weighted by Crippen LogP contribution is 2.22. The molecule has 1 aromatic carbocycles. The van der Waals surface area contributed by atoms with Gasteiger partial charge in [-0.3, -0.25) is 4.68 Å². The molecule has 0 aliphatic carbocycles. The molecule has 0 unspecified atom stereocenters. The Morgan fingerprint density at radius 2 is 2.23 bits per heavy atom. The van der Waals surface area contributed by atoms with Crippen LogP contribution in [0.4, 0.5) is 0 Å². The van der Waals surface area contributed by atoms with Crippen molar-refractivity contribution in [3.05, 3.63) is 46.6 Å². The highest BCUT2D eigenvalue weighted by atomic mass is 16.1. The molecule has 0 radical (unpaired) electrons. The van der Waals surface area contributed by atoms with Crippen LogP contribution < -0.4 is 5.69 Å². The first-order valence-electron chi connectivity index (χ1n) is 6.48. The first-order valence-corrected chi connectivity index (χ1v) is 6.48. The number of aryl methyl sites for hydroxylation is 1. The zero-order chi connectivity index (χ0) is 15.3. The molecule has 0 saturated carbocycles. The molecule has 0 fully saturated rings. The molecule has 8 heteroatoms. The fourth-order valence-corrected chi connectivity index (χ4v) is 2.43. The van der Waals surface area contributed by atoms with E-state index in [9.17, 15) is 10.1 Å². The Kier molecular flexibility index (Phi) is 2.38. The van der Waals surface area contributed by atoms with Gasteiger partial charge in [-0.25, -0.2) is 9.78 Å². The Labute approximate surface area is 123 Å². The van der Waals surface area contributed by atoms with E-state index in [0.29, 0.717) is 33.5 Å². The van der Waals surface area contributed by atoms with Crippen molar-refractivity contribution in [2.45, 2.75) is 0 Å². The van der Waals surface area contributed by atoms with E-state index in [2.05, 4.69) is 26.2 Å². The lowest BCUT2D eigenvalue weighted by molar-refractivity contribution is 0.768. The van der Waals surface area contributed by atoms with Crippen molar-refractivity contribution in [1.29, 1.82) is 5.26 Å². The second-order valence-corrected chi connectivity index (χ2v) is 4.84. The van der Waals surface area contributed by atoms with Gasteiger partial charge in [0.25, 0.3) is 0 Å². The van der Waals surface area contributed by atoms with E-state index in [1.165, 1.54) is 4.52 Å². The predicted molar refractivity (Wildman–Crippen MR) is 78.0 cm³/mol. The van der Waals surface area contributed by atoms with Gasteiger partial charge in [0.05, 0.1) is 34.3 Å². The van der Waals surface area contributed by atoms with Crippen molar-refractivity contribution in [1.82, 2.24) is 29.4 Å². The topological polar surface area (TPSA) is 105 Å². The lowest BCUT2D eigenvalue weighted by Gasteiger charge is -2.00. The van der Waals surface area contributed by atoms with Gasteiger partial charge in [-0.15, -0.1) is 5.10 Å². The minimum atomic E-state index is -0.403. The van der Waals surface area contributed by atoms with Crippen LogP contribution in [0.1, 0.15) is 5.56 Å². The Morgan fingerprint density at radius 1 is 1.36 bits per heavy atom. The van der Waals surface area contributed by atoms with Crippen LogP contribution in [0.15, 0.2) is 35.4 Å². The number of nitriles is 1. The number of nitrogens with one attached hydrogen (secondary N) is 1. The van der Waals surface area contributed by atoms with Crippen molar-refractivity contribution in [3.63, 3.8) is 0 Å². The summed E-state index contributed by atoms with van der Waals surface area (Å²) in [6, 6.07) is 7.24. The van der Waals surface area contributed by atoms with Gasteiger partial charge < -0.3 is 4.98 Å². The minimum Gasteiger partial charge on any atom is -0.305 e. The number of hydrogen-bond acceptors (Lipinski definition) is 5. The largest absolute Gasteiger partial charge is 0.348 e. The van der Waals surface area contributed by atoms with Crippen molar-refractivity contribution >= 4 is 16.6 Å². The first-order chi connectivity index (χ1) is 10.7. The average molecular weight is 291 g/mol. The quantitative estimate of drug-likeness (QED) is 0.559. The van der Waals surface area contributed by atoms with Crippen LogP contribution in [-0.2, 0) is 7.05 Å². The van der Waals surface area contributed by atoms with E-state index >= 15 is 0 Å². The standard InChI is InChI=1S/C14H9N7O/c1-20-7-9(6-16-20)12-18-13-11-8(5-15)3-2-4-10(11)17-14(22)21(13)19-12/h2-4,6-7H,1H3,(H,17,22). The zero-order valence-corrected chi connectivity index (χ0v) is 11.5. The summed E-state index contributed by atoms with van der Waals surface area (Å²) in [5.41, 5.74) is 1.65. The lowest BCUT2D eigenvalue weighted by Crippen LogP contribution is -2.17. The zero-order valence-electron chi connectivity index (χ0n) is 11.5. The molecule has 106 valence electrons. The van der Waals surface area contributed by atoms with Crippen molar-refractivity contribution in [2.24, 2.45) is 7.05 Å². The molecule has 1 N–H and O–H groups in total. The summed E-state index contributed by atoms with van der Waals surface area (Å²) >= 11 is 0. The Bertz CT molecular complexity index is 1130. The van der Waals surface area contributed by atoms with E-state index in [0.717, 1.165) is 0 Å². The van der Waals surface area contributed by atoms with Crippen molar-refractivity contribution in [2.75, 3.05) is 0 Å². The van der Waals surface area contributed by atoms with Gasteiger partial charge >= 0.3 is 5.69 Å². The van der Waals surface area contributed by atoms with E-state index in [4.69, 9.17) is 0 Å². The van der Waals surface area contributed by atoms with Crippen LogP contribution in [-0.4, -0.2) is 29.4 Å². The molecule has 22 heavy (non-hydrogen) atoms. The lowest BCUT2D eigenvalue weighted by atomic mass is 10.1. The maximum absolute atomic E-state index is 12.1. The third kappa shape index (κ3) is 1.63. The summed E-state index contributed by atoms with van der Waals surface area (Å²) in [5, 5.41) is 18.1. The van der Waals surface area contributed by atoms with Gasteiger partial charge in [0.1, 0.15) is 0 Å². The molecule has 4 aromatic rings. The molecule has 0 bridgehead atoms. The van der Waals surface area contributed by atoms with Gasteiger partial charge in [0, 0.05) is 13.2 Å². The third-order valence-electron chi connectivity index (χ3n) is 3.41. The summed E-state index contributed by atoms with van der Waals surface area (Å²) < 4.78 is 2.80. The molecule has 3 heterocycles. The van der Waals surface area contributed by atoms with Gasteiger partial charge in [0.15, 0.2) is 11.5 Å². The highest BCUT2D eigenvalue weighted by molar-refractivity contribution is 5.96. The van der Waals surface area contributed by atoms with Gasteiger partial charge in [0.2, 0.25) is 0 Å². The number of H-pyrrole nitrogens is 1. The summed E-state index contributed by atoms with van der Waals surface area (Å²) in [7, 11) is 1.79. The fraction of sp³-hybridized carbons (Fsp3) is 0.0714. The third-order valence-corrected chi connectivity index (χ3v) is 3.41. The van der Waals surface area contributed by atoms with Gasteiger partial charge in [-0.05, 0) is 12.1 Å². The summed E-state index contributed by atoms with van der Waals surface area (Å²) in [6.07, 6.45) is 3.38. The van der Waals surface area contributed by atoms with Crippen LogP contribution in [0.5, 0.6) is 0 Å². The molecule has 0 amide bonds. The summed E-state index contributed by atoms with van der Waals surface area (Å²) in [5.74, 6) is 0.388. The molecular weight excluding hydrogens is 282 g/mol. The molecule has 0 atom stereocenters. The predicted octanol–water partition coefficient (Wildman–Crippen LogP) is 0.843. The van der Waals surface area contributed by atoms with E-state index in [1.807, 2.05) is 0 Å². The molecule has 0 aliphatic rings. The van der Waals surface area contributed by atoms with E-state index < -0.39 is 5.69 Å². The van der Waals surface area contributed by atoms with E-state index in [-0.39, 0.29) is 0 Å². The van der Waals surface area contributed by atoms with Crippen LogP contribution >= 0.6 is 0 Å². The minimum absolute atomic E-state index is 0.356. The summed E-state index contributed by atoms with van der Waals surface area (Å²) in [4.78, 5) is 19.3. The monoisotopic (exact) mass is 291 g/mol. The number of benzene rings is 1. The number of rotatable bonds is 1. The second-order valence-electron chi connectivity index (χ2n) is 4.84. The number of aromatic nitrogens is 6. The number of hydrogen-bond donors (Lipinski definition) is 1. The van der Waals surface area contributed by atoms with Crippen molar-refractivity contribution in [3.8, 4) is 17.5 Å². The number of fused-ring (bicyclic) bond motifs is 3. The van der Waals surface area contributed by atoms with Crippen molar-refractivity contribution < 1.29 is 0 Å².